The summed E-state index contributed by atoms with van der Waals surface area (Å²) in [5.41, 5.74) is 1.48. The Morgan fingerprint density at radius 3 is 1.62 bits per heavy atom. The second-order valence-corrected chi connectivity index (χ2v) is 8.11. The van der Waals surface area contributed by atoms with Crippen LogP contribution in [0.5, 0.6) is 0 Å². The van der Waals surface area contributed by atoms with E-state index in [0.717, 1.165) is 0 Å². The molecule has 1 atom stereocenters. The maximum absolute atomic E-state index is 2.77. The lowest BCUT2D eigenvalue weighted by Gasteiger charge is -2.29. The highest BCUT2D eigenvalue weighted by molar-refractivity contribution is 5.15. The summed E-state index contributed by atoms with van der Waals surface area (Å²) in [7, 11) is 0. The molecular formula is C25H45N. The number of benzene rings is 1. The van der Waals surface area contributed by atoms with Gasteiger partial charge in [0.2, 0.25) is 0 Å². The van der Waals surface area contributed by atoms with Crippen molar-refractivity contribution in [2.75, 3.05) is 13.1 Å². The van der Waals surface area contributed by atoms with Crippen molar-refractivity contribution < 1.29 is 0 Å². The van der Waals surface area contributed by atoms with Crippen molar-refractivity contribution in [1.29, 1.82) is 0 Å². The molecule has 1 heteroatoms. The van der Waals surface area contributed by atoms with Crippen LogP contribution in [-0.4, -0.2) is 24.0 Å². The van der Waals surface area contributed by atoms with Crippen LogP contribution in [0.1, 0.15) is 103 Å². The molecule has 0 N–H and O–H groups in total. The van der Waals surface area contributed by atoms with Gasteiger partial charge in [0.1, 0.15) is 0 Å². The fourth-order valence-electron chi connectivity index (χ4n) is 3.83. The fraction of sp³-hybridized carbons (Fsp3) is 0.760. The van der Waals surface area contributed by atoms with Crippen molar-refractivity contribution >= 4 is 0 Å². The summed E-state index contributed by atoms with van der Waals surface area (Å²) >= 11 is 0. The minimum atomic E-state index is 0.656. The number of nitrogens with zero attached hydrogens (tertiary/aromatic N) is 1. The van der Waals surface area contributed by atoms with Gasteiger partial charge in [-0.25, -0.2) is 0 Å². The quantitative estimate of drug-likeness (QED) is 0.258. The van der Waals surface area contributed by atoms with Crippen LogP contribution in [0.2, 0.25) is 0 Å². The third-order valence-electron chi connectivity index (χ3n) is 5.60. The summed E-state index contributed by atoms with van der Waals surface area (Å²) in [4.78, 5) is 2.77. The highest BCUT2D eigenvalue weighted by atomic mass is 15.1. The van der Waals surface area contributed by atoms with Crippen molar-refractivity contribution in [3.63, 3.8) is 0 Å². The van der Waals surface area contributed by atoms with Gasteiger partial charge in [0.05, 0.1) is 0 Å². The van der Waals surface area contributed by atoms with Crippen LogP contribution in [0, 0.1) is 0 Å². The average molecular weight is 360 g/mol. The van der Waals surface area contributed by atoms with Gasteiger partial charge in [-0.2, -0.15) is 0 Å². The zero-order chi connectivity index (χ0) is 18.9. The molecule has 0 aliphatic rings. The summed E-state index contributed by atoms with van der Waals surface area (Å²) in [6, 6.07) is 11.7. The van der Waals surface area contributed by atoms with Crippen molar-refractivity contribution in [2.24, 2.45) is 0 Å². The largest absolute Gasteiger partial charge is 0.300 e. The molecule has 1 rings (SSSR count). The molecule has 0 spiro atoms. The Morgan fingerprint density at radius 2 is 1.12 bits per heavy atom. The maximum Gasteiger partial charge on any atom is 0.0107 e. The lowest BCUT2D eigenvalue weighted by Crippen LogP contribution is -2.36. The van der Waals surface area contributed by atoms with Crippen LogP contribution in [0.15, 0.2) is 30.3 Å². The summed E-state index contributed by atoms with van der Waals surface area (Å²) in [5, 5.41) is 0. The van der Waals surface area contributed by atoms with Gasteiger partial charge in [-0.15, -0.1) is 0 Å². The summed E-state index contributed by atoms with van der Waals surface area (Å²) in [6.07, 6.45) is 18.0. The molecule has 0 fully saturated rings. The van der Waals surface area contributed by atoms with E-state index in [4.69, 9.17) is 0 Å². The van der Waals surface area contributed by atoms with Crippen molar-refractivity contribution in [3.05, 3.63) is 35.9 Å². The minimum Gasteiger partial charge on any atom is -0.300 e. The summed E-state index contributed by atoms with van der Waals surface area (Å²) in [6.45, 7) is 9.60. The van der Waals surface area contributed by atoms with Gasteiger partial charge in [-0.1, -0.05) is 108 Å². The molecule has 1 unspecified atom stereocenters. The molecule has 1 nitrogen and oxygen atoms in total. The zero-order valence-electron chi connectivity index (χ0n) is 18.0. The van der Waals surface area contributed by atoms with E-state index in [-0.39, 0.29) is 0 Å². The molecule has 150 valence electrons. The van der Waals surface area contributed by atoms with Gasteiger partial charge in [-0.05, 0) is 44.8 Å². The predicted molar refractivity (Wildman–Crippen MR) is 118 cm³/mol. The van der Waals surface area contributed by atoms with Crippen LogP contribution in [0.4, 0.5) is 0 Å². The second-order valence-electron chi connectivity index (χ2n) is 8.11. The molecular weight excluding hydrogens is 314 g/mol. The monoisotopic (exact) mass is 359 g/mol. The van der Waals surface area contributed by atoms with E-state index in [2.05, 4.69) is 56.0 Å². The van der Waals surface area contributed by atoms with Gasteiger partial charge >= 0.3 is 0 Å². The van der Waals surface area contributed by atoms with Crippen LogP contribution in [-0.2, 0) is 6.42 Å². The Kier molecular flexibility index (Phi) is 14.6. The van der Waals surface area contributed by atoms with Crippen LogP contribution in [0.25, 0.3) is 0 Å². The molecule has 0 saturated carbocycles. The molecule has 0 saturated heterocycles. The van der Waals surface area contributed by atoms with Gasteiger partial charge in [0, 0.05) is 6.04 Å². The molecule has 1 aromatic rings. The lowest BCUT2D eigenvalue weighted by molar-refractivity contribution is 0.198. The average Bonchev–Trinajstić information content (AvgIpc) is 2.66. The Hall–Kier alpha value is -0.820. The Bertz CT molecular complexity index is 384. The van der Waals surface area contributed by atoms with E-state index < -0.39 is 0 Å². The smallest absolute Gasteiger partial charge is 0.0107 e. The zero-order valence-corrected chi connectivity index (χ0v) is 18.0. The van der Waals surface area contributed by atoms with E-state index in [1.165, 1.54) is 102 Å². The molecule has 0 aliphatic carbocycles. The number of rotatable bonds is 17. The Morgan fingerprint density at radius 1 is 0.654 bits per heavy atom. The van der Waals surface area contributed by atoms with E-state index in [1.54, 1.807) is 0 Å². The van der Waals surface area contributed by atoms with E-state index in [9.17, 15) is 0 Å². The fourth-order valence-corrected chi connectivity index (χ4v) is 3.83. The lowest BCUT2D eigenvalue weighted by atomic mass is 10.0. The molecule has 0 bridgehead atoms. The predicted octanol–water partition coefficient (Wildman–Crippen LogP) is 7.64. The SMILES string of the molecule is CCCCCCCCN(CCCCCCCC)C(C)Cc1ccccc1. The van der Waals surface area contributed by atoms with Gasteiger partial charge in [-0.3, -0.25) is 0 Å². The van der Waals surface area contributed by atoms with Crippen LogP contribution >= 0.6 is 0 Å². The first-order valence-corrected chi connectivity index (χ1v) is 11.6. The van der Waals surface area contributed by atoms with Crippen LogP contribution in [0.3, 0.4) is 0 Å². The second kappa shape index (κ2) is 16.4. The van der Waals surface area contributed by atoms with Crippen LogP contribution < -0.4 is 0 Å². The van der Waals surface area contributed by atoms with Gasteiger partial charge in [0.15, 0.2) is 0 Å². The first-order valence-electron chi connectivity index (χ1n) is 11.6. The molecule has 0 aromatic heterocycles. The van der Waals surface area contributed by atoms with E-state index in [0.29, 0.717) is 6.04 Å². The first kappa shape index (κ1) is 23.2. The van der Waals surface area contributed by atoms with Crippen molar-refractivity contribution in [3.8, 4) is 0 Å². The molecule has 1 aromatic carbocycles. The Balaban J connectivity index is 2.35. The topological polar surface area (TPSA) is 3.24 Å². The Labute approximate surface area is 164 Å². The van der Waals surface area contributed by atoms with Crippen molar-refractivity contribution in [2.45, 2.75) is 110 Å². The molecule has 0 heterocycles. The number of hydrogen-bond donors (Lipinski definition) is 0. The van der Waals surface area contributed by atoms with Gasteiger partial charge in [0.25, 0.3) is 0 Å². The first-order chi connectivity index (χ1) is 12.8. The van der Waals surface area contributed by atoms with Gasteiger partial charge < -0.3 is 4.90 Å². The molecule has 26 heavy (non-hydrogen) atoms. The van der Waals surface area contributed by atoms with E-state index >= 15 is 0 Å². The number of hydrogen-bond acceptors (Lipinski definition) is 1. The summed E-state index contributed by atoms with van der Waals surface area (Å²) < 4.78 is 0. The molecule has 0 amide bonds. The highest BCUT2D eigenvalue weighted by Crippen LogP contribution is 2.14. The van der Waals surface area contributed by atoms with Crippen molar-refractivity contribution in [1.82, 2.24) is 4.90 Å². The third kappa shape index (κ3) is 11.7. The summed E-state index contributed by atoms with van der Waals surface area (Å²) in [5.74, 6) is 0. The minimum absolute atomic E-state index is 0.656. The standard InChI is InChI=1S/C25H45N/c1-4-6-8-10-12-17-21-26(22-18-13-11-9-7-5-2)24(3)23-25-19-15-14-16-20-25/h14-16,19-20,24H,4-13,17-18,21-23H2,1-3H3. The number of unbranched alkanes of at least 4 members (excludes halogenated alkanes) is 10. The molecule has 0 radical (unpaired) electrons. The third-order valence-corrected chi connectivity index (χ3v) is 5.60. The normalized spacial score (nSPS) is 12.6. The van der Waals surface area contributed by atoms with E-state index in [1.807, 2.05) is 0 Å². The molecule has 0 aliphatic heterocycles. The maximum atomic E-state index is 2.77. The highest BCUT2D eigenvalue weighted by Gasteiger charge is 2.13.